The predicted octanol–water partition coefficient (Wildman–Crippen LogP) is 4.77. The minimum atomic E-state index is -0.409. The summed E-state index contributed by atoms with van der Waals surface area (Å²) in [5.74, 6) is 2.63. The molecule has 2 aromatic rings. The minimum Gasteiger partial charge on any atom is -0.508 e. The van der Waals surface area contributed by atoms with Gasteiger partial charge in [0.25, 0.3) is 0 Å². The summed E-state index contributed by atoms with van der Waals surface area (Å²) in [5, 5.41) is 9.85. The van der Waals surface area contributed by atoms with Crippen molar-refractivity contribution in [3.05, 3.63) is 70.5 Å². The van der Waals surface area contributed by atoms with E-state index in [2.05, 4.69) is 19.1 Å². The maximum atomic E-state index is 11.5. The zero-order valence-corrected chi connectivity index (χ0v) is 16.7. The highest BCUT2D eigenvalue weighted by atomic mass is 16.5. The summed E-state index contributed by atoms with van der Waals surface area (Å²) in [4.78, 5) is 11.5. The summed E-state index contributed by atoms with van der Waals surface area (Å²) >= 11 is 0. The molecule has 5 rings (SSSR count). The van der Waals surface area contributed by atoms with E-state index in [9.17, 15) is 9.90 Å². The smallest absolute Gasteiger partial charge is 0.248 e. The van der Waals surface area contributed by atoms with Crippen molar-refractivity contribution >= 4 is 12.0 Å². The lowest BCUT2D eigenvalue weighted by molar-refractivity contribution is -0.0386. The van der Waals surface area contributed by atoms with Gasteiger partial charge in [-0.25, -0.2) is 0 Å². The van der Waals surface area contributed by atoms with E-state index in [1.165, 1.54) is 11.1 Å². The molecule has 3 aliphatic rings. The van der Waals surface area contributed by atoms with Crippen molar-refractivity contribution in [3.8, 4) is 5.75 Å². The highest BCUT2D eigenvalue weighted by molar-refractivity contribution is 5.93. The van der Waals surface area contributed by atoms with E-state index in [4.69, 9.17) is 10.5 Å². The number of rotatable bonds is 2. The van der Waals surface area contributed by atoms with Crippen molar-refractivity contribution < 1.29 is 14.6 Å². The Kier molecular flexibility index (Phi) is 4.19. The molecule has 29 heavy (non-hydrogen) atoms. The largest absolute Gasteiger partial charge is 0.508 e. The normalized spacial score (nSPS) is 31.5. The summed E-state index contributed by atoms with van der Waals surface area (Å²) in [6.07, 6.45) is 7.34. The van der Waals surface area contributed by atoms with Gasteiger partial charge in [-0.3, -0.25) is 4.79 Å². The molecule has 4 heteroatoms. The average molecular weight is 389 g/mol. The second-order valence-electron chi connectivity index (χ2n) is 9.06. The molecule has 150 valence electrons. The monoisotopic (exact) mass is 389 g/mol. The zero-order chi connectivity index (χ0) is 20.2. The van der Waals surface area contributed by atoms with Gasteiger partial charge in [0.05, 0.1) is 5.76 Å². The second kappa shape index (κ2) is 6.65. The van der Waals surface area contributed by atoms with Crippen LogP contribution in [-0.2, 0) is 11.2 Å². The lowest BCUT2D eigenvalue weighted by Gasteiger charge is -2.47. The Labute approximate surface area is 171 Å². The fraction of sp³-hybridized carbons (Fsp3) is 0.400. The Balaban J connectivity index is 1.43. The number of phenolic OH excluding ortho intramolecular Hbond substituents is 1. The van der Waals surface area contributed by atoms with Gasteiger partial charge in [-0.15, -0.1) is 0 Å². The molecule has 1 saturated carbocycles. The standard InChI is InChI=1S/C25H27NO3/c1-25-10-9-21-20-8-6-18(27)13-16(20)5-7-22(21)23(25)14-19(29-25)12-15-3-2-4-17(11-15)24(26)28/h2-4,6,8,11-13,21-23,27H,5,7,9-10,14H2,1H3,(H2,26,28)/b19-12+/t21?,22?,23?,25-/m1/s1. The number of aromatic hydroxyl groups is 1. The maximum absolute atomic E-state index is 11.5. The van der Waals surface area contributed by atoms with Gasteiger partial charge in [0.15, 0.2) is 0 Å². The molecule has 4 nitrogen and oxygen atoms in total. The van der Waals surface area contributed by atoms with Gasteiger partial charge in [-0.2, -0.15) is 0 Å². The van der Waals surface area contributed by atoms with Crippen molar-refractivity contribution in [3.63, 3.8) is 0 Å². The number of hydrogen-bond acceptors (Lipinski definition) is 3. The van der Waals surface area contributed by atoms with Crippen molar-refractivity contribution in [1.29, 1.82) is 0 Å². The van der Waals surface area contributed by atoms with E-state index in [0.29, 0.717) is 29.1 Å². The first-order valence-electron chi connectivity index (χ1n) is 10.5. The molecular formula is C25H27NO3. The summed E-state index contributed by atoms with van der Waals surface area (Å²) in [6, 6.07) is 13.3. The van der Waals surface area contributed by atoms with E-state index >= 15 is 0 Å². The van der Waals surface area contributed by atoms with Crippen LogP contribution in [0, 0.1) is 11.8 Å². The number of carbonyl (C=O) groups is 1. The third-order valence-corrected chi connectivity index (χ3v) is 7.33. The number of phenols is 1. The van der Waals surface area contributed by atoms with Crippen LogP contribution in [0.1, 0.15) is 65.6 Å². The third kappa shape index (κ3) is 3.11. The van der Waals surface area contributed by atoms with Gasteiger partial charge in [0, 0.05) is 17.9 Å². The molecule has 1 amide bonds. The molecule has 0 bridgehead atoms. The number of carbonyl (C=O) groups excluding carboxylic acids is 1. The molecular weight excluding hydrogens is 362 g/mol. The summed E-state index contributed by atoms with van der Waals surface area (Å²) in [6.45, 7) is 2.26. The highest BCUT2D eigenvalue weighted by Crippen LogP contribution is 2.58. The molecule has 0 radical (unpaired) electrons. The Bertz CT molecular complexity index is 1010. The van der Waals surface area contributed by atoms with Crippen LogP contribution < -0.4 is 5.73 Å². The fourth-order valence-corrected chi connectivity index (χ4v) is 5.96. The summed E-state index contributed by atoms with van der Waals surface area (Å²) < 4.78 is 6.52. The second-order valence-corrected chi connectivity index (χ2v) is 9.06. The molecule has 4 atom stereocenters. The van der Waals surface area contributed by atoms with E-state index < -0.39 is 5.91 Å². The Morgan fingerprint density at radius 3 is 2.93 bits per heavy atom. The van der Waals surface area contributed by atoms with Gasteiger partial charge in [0.1, 0.15) is 11.4 Å². The fourth-order valence-electron chi connectivity index (χ4n) is 5.96. The number of nitrogens with two attached hydrogens (primary N) is 1. The first-order valence-corrected chi connectivity index (χ1v) is 10.5. The maximum Gasteiger partial charge on any atom is 0.248 e. The molecule has 3 N–H and O–H groups in total. The molecule has 0 aromatic heterocycles. The summed E-state index contributed by atoms with van der Waals surface area (Å²) in [7, 11) is 0. The number of allylic oxidation sites excluding steroid dienone is 1. The molecule has 3 unspecified atom stereocenters. The Hall–Kier alpha value is -2.75. The van der Waals surface area contributed by atoms with E-state index in [0.717, 1.165) is 43.4 Å². The van der Waals surface area contributed by atoms with Crippen molar-refractivity contribution in [1.82, 2.24) is 0 Å². The average Bonchev–Trinajstić information content (AvgIpc) is 3.03. The van der Waals surface area contributed by atoms with Crippen LogP contribution >= 0.6 is 0 Å². The molecule has 0 spiro atoms. The van der Waals surface area contributed by atoms with Gasteiger partial charge in [-0.05, 0) is 91.5 Å². The van der Waals surface area contributed by atoms with Gasteiger partial charge in [0.2, 0.25) is 5.91 Å². The topological polar surface area (TPSA) is 72.5 Å². The quantitative estimate of drug-likeness (QED) is 0.777. The number of hydrogen-bond donors (Lipinski definition) is 2. The molecule has 2 aromatic carbocycles. The van der Waals surface area contributed by atoms with Crippen molar-refractivity contribution in [2.24, 2.45) is 17.6 Å². The number of benzene rings is 2. The third-order valence-electron chi connectivity index (χ3n) is 7.33. The number of fused-ring (bicyclic) bond motifs is 5. The van der Waals surface area contributed by atoms with Crippen LogP contribution in [0.5, 0.6) is 5.75 Å². The molecule has 2 aliphatic carbocycles. The van der Waals surface area contributed by atoms with E-state index in [-0.39, 0.29) is 5.60 Å². The van der Waals surface area contributed by atoms with Gasteiger partial charge < -0.3 is 15.6 Å². The van der Waals surface area contributed by atoms with Crippen LogP contribution in [-0.4, -0.2) is 16.6 Å². The van der Waals surface area contributed by atoms with E-state index in [1.807, 2.05) is 30.3 Å². The highest BCUT2D eigenvalue weighted by Gasteiger charge is 2.53. The van der Waals surface area contributed by atoms with Crippen LogP contribution in [0.4, 0.5) is 0 Å². The molecule has 2 fully saturated rings. The molecule has 1 heterocycles. The molecule has 1 aliphatic heterocycles. The Morgan fingerprint density at radius 1 is 1.24 bits per heavy atom. The predicted molar refractivity (Wildman–Crippen MR) is 112 cm³/mol. The number of ether oxygens (including phenoxy) is 1. The first-order chi connectivity index (χ1) is 13.9. The number of aryl methyl sites for hydroxylation is 1. The summed E-state index contributed by atoms with van der Waals surface area (Å²) in [5.41, 5.74) is 9.52. The van der Waals surface area contributed by atoms with Crippen LogP contribution in [0.3, 0.4) is 0 Å². The van der Waals surface area contributed by atoms with Crippen LogP contribution in [0.25, 0.3) is 6.08 Å². The Morgan fingerprint density at radius 2 is 2.10 bits per heavy atom. The number of primary amides is 1. The number of amides is 1. The lowest BCUT2D eigenvalue weighted by Crippen LogP contribution is -2.44. The first kappa shape index (κ1) is 18.3. The van der Waals surface area contributed by atoms with Crippen molar-refractivity contribution in [2.45, 2.75) is 50.5 Å². The van der Waals surface area contributed by atoms with Crippen molar-refractivity contribution in [2.75, 3.05) is 0 Å². The van der Waals surface area contributed by atoms with Crippen LogP contribution in [0.15, 0.2) is 48.2 Å². The lowest BCUT2D eigenvalue weighted by atomic mass is 9.58. The SMILES string of the molecule is C[C@@]12CCC3c4ccc(O)cc4CCC3C1C/C(=C\c1cccc(C(N)=O)c1)O2. The minimum absolute atomic E-state index is 0.122. The van der Waals surface area contributed by atoms with Gasteiger partial charge in [-0.1, -0.05) is 18.2 Å². The molecule has 1 saturated heterocycles. The zero-order valence-electron chi connectivity index (χ0n) is 16.7. The van der Waals surface area contributed by atoms with E-state index in [1.54, 1.807) is 6.07 Å². The van der Waals surface area contributed by atoms with Crippen LogP contribution in [0.2, 0.25) is 0 Å². The van der Waals surface area contributed by atoms with Gasteiger partial charge >= 0.3 is 0 Å².